The first-order chi connectivity index (χ1) is 14.1. The number of ether oxygens (including phenoxy) is 3. The number of hydrogen-bond donors (Lipinski definition) is 1. The van der Waals surface area contributed by atoms with Crippen LogP contribution in [0.15, 0.2) is 39.2 Å². The van der Waals surface area contributed by atoms with Crippen molar-refractivity contribution < 1.29 is 19.0 Å². The summed E-state index contributed by atoms with van der Waals surface area (Å²) >= 11 is 1.25. The highest BCUT2D eigenvalue weighted by Crippen LogP contribution is 2.34. The normalized spacial score (nSPS) is 12.4. The zero-order chi connectivity index (χ0) is 20.4. The first-order valence-electron chi connectivity index (χ1n) is 8.98. The Kier molecular flexibility index (Phi) is 5.36. The predicted octanol–water partition coefficient (Wildman–Crippen LogP) is 1.63. The molecule has 1 aromatic carbocycles. The maximum Gasteiger partial charge on any atom is 0.332 e. The highest BCUT2D eigenvalue weighted by molar-refractivity contribution is 7.17. The molecule has 10 heteroatoms. The Bertz CT molecular complexity index is 1180. The number of carbonyl (C=O) groups excluding carboxylic acids is 1. The van der Waals surface area contributed by atoms with E-state index in [-0.39, 0.29) is 31.3 Å². The zero-order valence-electron chi connectivity index (χ0n) is 15.7. The second-order valence-electron chi connectivity index (χ2n) is 6.42. The second-order valence-corrected chi connectivity index (χ2v) is 7.34. The quantitative estimate of drug-likeness (QED) is 0.587. The molecule has 0 unspecified atom stereocenters. The number of fused-ring (bicyclic) bond motifs is 2. The molecular weight excluding hydrogens is 398 g/mol. The first-order valence-corrected chi connectivity index (χ1v) is 9.85. The molecule has 0 bridgehead atoms. The van der Waals surface area contributed by atoms with Crippen molar-refractivity contribution >= 4 is 33.1 Å². The third kappa shape index (κ3) is 3.76. The van der Waals surface area contributed by atoms with Crippen molar-refractivity contribution in [1.82, 2.24) is 9.13 Å². The van der Waals surface area contributed by atoms with E-state index < -0.39 is 5.69 Å². The van der Waals surface area contributed by atoms with E-state index >= 15 is 0 Å². The van der Waals surface area contributed by atoms with Crippen LogP contribution in [0.1, 0.15) is 6.42 Å². The highest BCUT2D eigenvalue weighted by Gasteiger charge is 2.18. The molecule has 0 saturated heterocycles. The molecule has 1 amide bonds. The number of rotatable bonds is 7. The molecule has 0 aliphatic carbocycles. The smallest absolute Gasteiger partial charge is 0.332 e. The number of aromatic nitrogens is 2. The topological polar surface area (TPSA) is 101 Å². The van der Waals surface area contributed by atoms with Crippen molar-refractivity contribution in [3.05, 3.63) is 50.5 Å². The van der Waals surface area contributed by atoms with Crippen LogP contribution in [0, 0.1) is 0 Å². The number of thiophene rings is 1. The average Bonchev–Trinajstić information content (AvgIpc) is 3.37. The molecule has 29 heavy (non-hydrogen) atoms. The third-order valence-corrected chi connectivity index (χ3v) is 5.42. The van der Waals surface area contributed by atoms with Gasteiger partial charge in [0.15, 0.2) is 11.5 Å². The number of amides is 1. The molecular formula is C19H19N3O6S. The predicted molar refractivity (Wildman–Crippen MR) is 108 cm³/mol. The summed E-state index contributed by atoms with van der Waals surface area (Å²) in [4.78, 5) is 38.2. The van der Waals surface area contributed by atoms with Gasteiger partial charge in [-0.05, 0) is 30.0 Å². The Labute approximate surface area is 169 Å². The van der Waals surface area contributed by atoms with Gasteiger partial charge >= 0.3 is 5.69 Å². The van der Waals surface area contributed by atoms with E-state index in [4.69, 9.17) is 14.2 Å². The van der Waals surface area contributed by atoms with Crippen molar-refractivity contribution in [2.24, 2.45) is 0 Å². The lowest BCUT2D eigenvalue weighted by atomic mass is 10.2. The van der Waals surface area contributed by atoms with Gasteiger partial charge in [-0.2, -0.15) is 0 Å². The molecule has 4 rings (SSSR count). The van der Waals surface area contributed by atoms with Gasteiger partial charge in [-0.1, -0.05) is 0 Å². The second kappa shape index (κ2) is 8.10. The molecule has 3 heterocycles. The van der Waals surface area contributed by atoms with Gasteiger partial charge in [-0.3, -0.25) is 18.7 Å². The molecule has 0 saturated carbocycles. The van der Waals surface area contributed by atoms with Gasteiger partial charge in [0.05, 0.1) is 5.52 Å². The minimum absolute atomic E-state index is 0.142. The summed E-state index contributed by atoms with van der Waals surface area (Å²) < 4.78 is 18.5. The lowest BCUT2D eigenvalue weighted by molar-refractivity contribution is -0.116. The minimum Gasteiger partial charge on any atom is -0.454 e. The fraction of sp³-hybridized carbons (Fsp3) is 0.316. The molecule has 152 valence electrons. The van der Waals surface area contributed by atoms with Crippen LogP contribution in [0.25, 0.3) is 10.2 Å². The molecule has 0 spiro atoms. The Balaban J connectivity index is 1.61. The van der Waals surface area contributed by atoms with E-state index in [1.54, 1.807) is 36.8 Å². The number of benzene rings is 1. The number of hydrogen-bond acceptors (Lipinski definition) is 7. The molecule has 0 atom stereocenters. The van der Waals surface area contributed by atoms with Crippen molar-refractivity contribution in [2.45, 2.75) is 19.5 Å². The summed E-state index contributed by atoms with van der Waals surface area (Å²) in [6.45, 7) is 0.579. The van der Waals surface area contributed by atoms with Gasteiger partial charge in [0.25, 0.3) is 5.56 Å². The molecule has 1 aliphatic heterocycles. The largest absolute Gasteiger partial charge is 0.454 e. The third-order valence-electron chi connectivity index (χ3n) is 4.52. The maximum absolute atomic E-state index is 12.9. The van der Waals surface area contributed by atoms with Crippen LogP contribution in [-0.2, 0) is 22.6 Å². The Hall–Kier alpha value is -3.11. The van der Waals surface area contributed by atoms with Gasteiger partial charge in [0.1, 0.15) is 11.2 Å². The SMILES string of the molecule is COCCCn1c(=O)c2sccc2n(CC(=O)Nc2ccc3c(c2)OCO3)c1=O. The van der Waals surface area contributed by atoms with Crippen molar-refractivity contribution in [3.8, 4) is 11.5 Å². The van der Waals surface area contributed by atoms with Crippen molar-refractivity contribution in [3.63, 3.8) is 0 Å². The zero-order valence-corrected chi connectivity index (χ0v) is 16.5. The van der Waals surface area contributed by atoms with Crippen molar-refractivity contribution in [2.75, 3.05) is 25.8 Å². The van der Waals surface area contributed by atoms with Gasteiger partial charge in [0, 0.05) is 32.0 Å². The van der Waals surface area contributed by atoms with Crippen LogP contribution < -0.4 is 26.0 Å². The molecule has 9 nitrogen and oxygen atoms in total. The standard InChI is InChI=1S/C19H19N3O6S/c1-26-7-2-6-21-18(24)17-13(5-8-29-17)22(19(21)25)10-16(23)20-12-3-4-14-15(9-12)28-11-27-14/h3-5,8-9H,2,6-7,10-11H2,1H3,(H,20,23). The van der Waals surface area contributed by atoms with Gasteiger partial charge in [0.2, 0.25) is 12.7 Å². The fourth-order valence-electron chi connectivity index (χ4n) is 3.17. The van der Waals surface area contributed by atoms with Crippen LogP contribution in [0.4, 0.5) is 5.69 Å². The monoisotopic (exact) mass is 417 g/mol. The average molecular weight is 417 g/mol. The van der Waals surface area contributed by atoms with Gasteiger partial charge < -0.3 is 19.5 Å². The molecule has 3 aromatic rings. The van der Waals surface area contributed by atoms with E-state index in [2.05, 4.69) is 5.32 Å². The lowest BCUT2D eigenvalue weighted by Crippen LogP contribution is -2.41. The molecule has 1 N–H and O–H groups in total. The number of methoxy groups -OCH3 is 1. The summed E-state index contributed by atoms with van der Waals surface area (Å²) in [5.74, 6) is 0.773. The van der Waals surface area contributed by atoms with Crippen LogP contribution in [0.2, 0.25) is 0 Å². The van der Waals surface area contributed by atoms with Crippen LogP contribution in [-0.4, -0.2) is 35.6 Å². The molecule has 1 aliphatic rings. The van der Waals surface area contributed by atoms with Crippen LogP contribution >= 0.6 is 11.3 Å². The summed E-state index contributed by atoms with van der Waals surface area (Å²) in [5, 5.41) is 4.49. The van der Waals surface area contributed by atoms with Crippen LogP contribution in [0.5, 0.6) is 11.5 Å². The number of anilines is 1. The number of carbonyl (C=O) groups is 1. The van der Waals surface area contributed by atoms with E-state index in [0.29, 0.717) is 40.4 Å². The minimum atomic E-state index is -0.516. The Morgan fingerprint density at radius 3 is 2.86 bits per heavy atom. The lowest BCUT2D eigenvalue weighted by Gasteiger charge is -2.12. The van der Waals surface area contributed by atoms with Crippen LogP contribution in [0.3, 0.4) is 0 Å². The van der Waals surface area contributed by atoms with E-state index in [9.17, 15) is 14.4 Å². The van der Waals surface area contributed by atoms with E-state index in [1.807, 2.05) is 0 Å². The van der Waals surface area contributed by atoms with Gasteiger partial charge in [-0.15, -0.1) is 11.3 Å². The number of nitrogens with one attached hydrogen (secondary N) is 1. The highest BCUT2D eigenvalue weighted by atomic mass is 32.1. The van der Waals surface area contributed by atoms with Gasteiger partial charge in [-0.25, -0.2) is 4.79 Å². The number of nitrogens with zero attached hydrogens (tertiary/aromatic N) is 2. The summed E-state index contributed by atoms with van der Waals surface area (Å²) in [7, 11) is 1.56. The summed E-state index contributed by atoms with van der Waals surface area (Å²) in [5.41, 5.74) is 0.123. The van der Waals surface area contributed by atoms with Crippen molar-refractivity contribution in [1.29, 1.82) is 0 Å². The Morgan fingerprint density at radius 2 is 2.03 bits per heavy atom. The first kappa shape index (κ1) is 19.2. The molecule has 2 aromatic heterocycles. The Morgan fingerprint density at radius 1 is 1.21 bits per heavy atom. The van der Waals surface area contributed by atoms with E-state index in [0.717, 1.165) is 4.57 Å². The molecule has 0 radical (unpaired) electrons. The summed E-state index contributed by atoms with van der Waals surface area (Å²) in [6.07, 6.45) is 0.520. The molecule has 0 fully saturated rings. The fourth-order valence-corrected chi connectivity index (χ4v) is 4.01. The summed E-state index contributed by atoms with van der Waals surface area (Å²) in [6, 6.07) is 6.74. The van der Waals surface area contributed by atoms with E-state index in [1.165, 1.54) is 15.9 Å². The maximum atomic E-state index is 12.9.